The Labute approximate surface area is 124 Å². The van der Waals surface area contributed by atoms with E-state index in [2.05, 4.69) is 10.6 Å². The van der Waals surface area contributed by atoms with E-state index in [1.807, 2.05) is 13.0 Å². The van der Waals surface area contributed by atoms with Crippen molar-refractivity contribution in [3.63, 3.8) is 0 Å². The number of benzene rings is 1. The van der Waals surface area contributed by atoms with Crippen LogP contribution in [0, 0.1) is 6.92 Å². The fraction of sp³-hybridized carbons (Fsp3) is 0.533. The largest absolute Gasteiger partial charge is 0.481 e. The molecule has 2 rings (SSSR count). The Balaban J connectivity index is 1.81. The molecule has 20 heavy (non-hydrogen) atoms. The molecule has 1 aromatic rings. The van der Waals surface area contributed by atoms with E-state index in [4.69, 9.17) is 16.3 Å². The van der Waals surface area contributed by atoms with Gasteiger partial charge >= 0.3 is 0 Å². The summed E-state index contributed by atoms with van der Waals surface area (Å²) in [7, 11) is 0. The highest BCUT2D eigenvalue weighted by atomic mass is 35.5. The van der Waals surface area contributed by atoms with Gasteiger partial charge in [-0.05, 0) is 57.0 Å². The van der Waals surface area contributed by atoms with Crippen molar-refractivity contribution >= 4 is 17.5 Å². The van der Waals surface area contributed by atoms with Gasteiger partial charge in [0.15, 0.2) is 6.10 Å². The van der Waals surface area contributed by atoms with Crippen molar-refractivity contribution in [2.24, 2.45) is 0 Å². The highest BCUT2D eigenvalue weighted by Gasteiger charge is 2.18. The van der Waals surface area contributed by atoms with Crippen molar-refractivity contribution in [1.82, 2.24) is 10.6 Å². The zero-order valence-electron chi connectivity index (χ0n) is 11.9. The maximum atomic E-state index is 12.0. The maximum Gasteiger partial charge on any atom is 0.260 e. The summed E-state index contributed by atoms with van der Waals surface area (Å²) in [6.45, 7) is 5.36. The van der Waals surface area contributed by atoms with E-state index in [9.17, 15) is 4.79 Å². The quantitative estimate of drug-likeness (QED) is 0.876. The molecule has 110 valence electrons. The van der Waals surface area contributed by atoms with Crippen LogP contribution in [0.3, 0.4) is 0 Å². The predicted octanol–water partition coefficient (Wildman–Crippen LogP) is 2.28. The van der Waals surface area contributed by atoms with Crippen LogP contribution in [0.4, 0.5) is 0 Å². The molecule has 0 spiro atoms. The van der Waals surface area contributed by atoms with Crippen LogP contribution in [-0.4, -0.2) is 31.1 Å². The van der Waals surface area contributed by atoms with E-state index in [0.29, 0.717) is 23.4 Å². The van der Waals surface area contributed by atoms with Gasteiger partial charge in [-0.25, -0.2) is 0 Å². The zero-order chi connectivity index (χ0) is 14.5. The fourth-order valence-corrected chi connectivity index (χ4v) is 2.36. The third-order valence-electron chi connectivity index (χ3n) is 3.50. The van der Waals surface area contributed by atoms with Crippen molar-refractivity contribution in [1.29, 1.82) is 0 Å². The molecule has 1 aromatic carbocycles. The minimum Gasteiger partial charge on any atom is -0.481 e. The number of hydrogen-bond donors (Lipinski definition) is 2. The summed E-state index contributed by atoms with van der Waals surface area (Å²) in [5.41, 5.74) is 0.937. The lowest BCUT2D eigenvalue weighted by atomic mass is 10.2. The topological polar surface area (TPSA) is 50.4 Å². The summed E-state index contributed by atoms with van der Waals surface area (Å²) in [6, 6.07) is 5.78. The first-order chi connectivity index (χ1) is 9.56. The number of hydrogen-bond acceptors (Lipinski definition) is 3. The number of aryl methyl sites for hydroxylation is 1. The minimum absolute atomic E-state index is 0.0914. The number of carbonyl (C=O) groups excluding carboxylic acids is 1. The molecule has 1 heterocycles. The Morgan fingerprint density at radius 3 is 3.05 bits per heavy atom. The van der Waals surface area contributed by atoms with Gasteiger partial charge in [0.25, 0.3) is 5.91 Å². The van der Waals surface area contributed by atoms with Crippen molar-refractivity contribution < 1.29 is 9.53 Å². The third kappa shape index (κ3) is 4.12. The molecule has 0 aliphatic carbocycles. The summed E-state index contributed by atoms with van der Waals surface area (Å²) in [4.78, 5) is 12.0. The van der Waals surface area contributed by atoms with Gasteiger partial charge in [-0.2, -0.15) is 0 Å². The standard InChI is InChI=1S/C15H21ClN2O2/c1-10-8-13(5-6-14(10)16)20-11(2)15(19)18-9-12-4-3-7-17-12/h5-6,8,11-12,17H,3-4,7,9H2,1-2H3,(H,18,19). The highest BCUT2D eigenvalue weighted by Crippen LogP contribution is 2.21. The number of halogens is 1. The number of ether oxygens (including phenoxy) is 1. The van der Waals surface area contributed by atoms with E-state index < -0.39 is 6.10 Å². The lowest BCUT2D eigenvalue weighted by Gasteiger charge is -2.17. The highest BCUT2D eigenvalue weighted by molar-refractivity contribution is 6.31. The van der Waals surface area contributed by atoms with Crippen molar-refractivity contribution in [3.8, 4) is 5.75 Å². The summed E-state index contributed by atoms with van der Waals surface area (Å²) < 4.78 is 5.64. The predicted molar refractivity (Wildman–Crippen MR) is 80.3 cm³/mol. The number of amides is 1. The molecule has 0 saturated carbocycles. The van der Waals surface area contributed by atoms with Crippen LogP contribution in [0.5, 0.6) is 5.75 Å². The van der Waals surface area contributed by atoms with Gasteiger partial charge in [0.1, 0.15) is 5.75 Å². The van der Waals surface area contributed by atoms with E-state index >= 15 is 0 Å². The number of carbonyl (C=O) groups is 1. The molecule has 4 nitrogen and oxygen atoms in total. The maximum absolute atomic E-state index is 12.0. The van der Waals surface area contributed by atoms with Gasteiger partial charge in [0.05, 0.1) is 0 Å². The van der Waals surface area contributed by atoms with Crippen molar-refractivity contribution in [3.05, 3.63) is 28.8 Å². The average Bonchev–Trinajstić information content (AvgIpc) is 2.93. The fourth-order valence-electron chi connectivity index (χ4n) is 2.25. The molecule has 2 atom stereocenters. The average molecular weight is 297 g/mol. The smallest absolute Gasteiger partial charge is 0.260 e. The minimum atomic E-state index is -0.517. The molecule has 0 radical (unpaired) electrons. The SMILES string of the molecule is Cc1cc(OC(C)C(=O)NCC2CCCN2)ccc1Cl. The van der Waals surface area contributed by atoms with E-state index in [-0.39, 0.29) is 5.91 Å². The Morgan fingerprint density at radius 2 is 2.40 bits per heavy atom. The summed E-state index contributed by atoms with van der Waals surface area (Å²) in [5.74, 6) is 0.569. The first-order valence-corrected chi connectivity index (χ1v) is 7.38. The molecule has 5 heteroatoms. The van der Waals surface area contributed by atoms with Crippen LogP contribution >= 0.6 is 11.6 Å². The Kier molecular flexibility index (Phi) is 5.26. The lowest BCUT2D eigenvalue weighted by Crippen LogP contribution is -2.42. The molecule has 1 amide bonds. The Hall–Kier alpha value is -1.26. The van der Waals surface area contributed by atoms with Crippen LogP contribution < -0.4 is 15.4 Å². The lowest BCUT2D eigenvalue weighted by molar-refractivity contribution is -0.127. The molecule has 0 aromatic heterocycles. The Bertz CT molecular complexity index is 473. The van der Waals surface area contributed by atoms with Gasteiger partial charge in [-0.1, -0.05) is 11.6 Å². The summed E-state index contributed by atoms with van der Waals surface area (Å²) >= 11 is 5.96. The normalized spacial score (nSPS) is 19.6. The first kappa shape index (κ1) is 15.1. The van der Waals surface area contributed by atoms with E-state index in [1.165, 1.54) is 6.42 Å². The van der Waals surface area contributed by atoms with Gasteiger partial charge in [0, 0.05) is 17.6 Å². The second-order valence-electron chi connectivity index (χ2n) is 5.21. The molecule has 2 N–H and O–H groups in total. The molecule has 1 saturated heterocycles. The van der Waals surface area contributed by atoms with Crippen LogP contribution in [-0.2, 0) is 4.79 Å². The first-order valence-electron chi connectivity index (χ1n) is 7.00. The van der Waals surface area contributed by atoms with Crippen LogP contribution in [0.1, 0.15) is 25.3 Å². The van der Waals surface area contributed by atoms with E-state index in [0.717, 1.165) is 18.5 Å². The molecule has 1 fully saturated rings. The zero-order valence-corrected chi connectivity index (χ0v) is 12.7. The Morgan fingerprint density at radius 1 is 1.60 bits per heavy atom. The second kappa shape index (κ2) is 6.95. The molecule has 1 aliphatic heterocycles. The molecular weight excluding hydrogens is 276 g/mol. The molecule has 0 bridgehead atoms. The van der Waals surface area contributed by atoms with Gasteiger partial charge in [-0.15, -0.1) is 0 Å². The molecule has 1 aliphatic rings. The van der Waals surface area contributed by atoms with Gasteiger partial charge in [-0.3, -0.25) is 4.79 Å². The van der Waals surface area contributed by atoms with E-state index in [1.54, 1.807) is 19.1 Å². The van der Waals surface area contributed by atoms with Crippen LogP contribution in [0.15, 0.2) is 18.2 Å². The number of nitrogens with one attached hydrogen (secondary N) is 2. The van der Waals surface area contributed by atoms with Crippen molar-refractivity contribution in [2.45, 2.75) is 38.8 Å². The molecular formula is C15H21ClN2O2. The molecule has 2 unspecified atom stereocenters. The summed E-state index contributed by atoms with van der Waals surface area (Å²) in [6.07, 6.45) is 1.78. The van der Waals surface area contributed by atoms with Gasteiger partial charge < -0.3 is 15.4 Å². The second-order valence-corrected chi connectivity index (χ2v) is 5.62. The summed E-state index contributed by atoms with van der Waals surface area (Å²) in [5, 5.41) is 6.96. The van der Waals surface area contributed by atoms with Crippen molar-refractivity contribution in [2.75, 3.05) is 13.1 Å². The monoisotopic (exact) mass is 296 g/mol. The van der Waals surface area contributed by atoms with Crippen LogP contribution in [0.2, 0.25) is 5.02 Å². The van der Waals surface area contributed by atoms with Gasteiger partial charge in [0.2, 0.25) is 0 Å². The third-order valence-corrected chi connectivity index (χ3v) is 3.92. The van der Waals surface area contributed by atoms with Crippen LogP contribution in [0.25, 0.3) is 0 Å². The number of rotatable bonds is 5.